The minimum absolute atomic E-state index is 0.0325. The number of aromatic nitrogens is 4. The van der Waals surface area contributed by atoms with E-state index < -0.39 is 0 Å². The van der Waals surface area contributed by atoms with Crippen molar-refractivity contribution in [1.29, 1.82) is 0 Å². The Kier molecular flexibility index (Phi) is 4.62. The average Bonchev–Trinajstić information content (AvgIpc) is 2.99. The van der Waals surface area contributed by atoms with Gasteiger partial charge in [-0.3, -0.25) is 18.9 Å². The van der Waals surface area contributed by atoms with Crippen LogP contribution in [0.2, 0.25) is 0 Å². The molecule has 0 atom stereocenters. The highest BCUT2D eigenvalue weighted by atomic mass is 16.2. The number of amides is 1. The third-order valence-corrected chi connectivity index (χ3v) is 5.04. The first-order valence-electron chi connectivity index (χ1n) is 9.16. The molecule has 3 aromatic rings. The minimum atomic E-state index is -0.134. The van der Waals surface area contributed by atoms with Crippen LogP contribution in [0.15, 0.2) is 47.7 Å². The SMILES string of the molecule is CCn1c(=O)n(CC(=O)N2CCN(c3cnccn3)CC2)c2ccccc21. The van der Waals surface area contributed by atoms with E-state index in [0.717, 1.165) is 16.9 Å². The van der Waals surface area contributed by atoms with Crippen LogP contribution in [0.1, 0.15) is 6.92 Å². The topological polar surface area (TPSA) is 76.3 Å². The van der Waals surface area contributed by atoms with E-state index in [-0.39, 0.29) is 18.1 Å². The molecule has 4 rings (SSSR count). The highest BCUT2D eigenvalue weighted by Gasteiger charge is 2.23. The van der Waals surface area contributed by atoms with Crippen molar-refractivity contribution in [2.24, 2.45) is 0 Å². The van der Waals surface area contributed by atoms with Crippen molar-refractivity contribution < 1.29 is 4.79 Å². The molecule has 0 N–H and O–H groups in total. The molecule has 3 heterocycles. The molecule has 27 heavy (non-hydrogen) atoms. The van der Waals surface area contributed by atoms with Gasteiger partial charge in [0.25, 0.3) is 0 Å². The lowest BCUT2D eigenvalue weighted by Gasteiger charge is -2.35. The molecule has 1 aromatic carbocycles. The maximum atomic E-state index is 12.8. The van der Waals surface area contributed by atoms with Crippen LogP contribution in [0.3, 0.4) is 0 Å². The Morgan fingerprint density at radius 2 is 1.74 bits per heavy atom. The summed E-state index contributed by atoms with van der Waals surface area (Å²) in [6.07, 6.45) is 5.05. The Hall–Kier alpha value is -3.16. The van der Waals surface area contributed by atoms with Crippen LogP contribution in [0, 0.1) is 0 Å². The summed E-state index contributed by atoms with van der Waals surface area (Å²) in [6, 6.07) is 7.61. The third-order valence-electron chi connectivity index (χ3n) is 5.04. The molecule has 0 unspecified atom stereocenters. The van der Waals surface area contributed by atoms with E-state index in [4.69, 9.17) is 0 Å². The fourth-order valence-corrected chi connectivity index (χ4v) is 3.61. The summed E-state index contributed by atoms with van der Waals surface area (Å²) in [7, 11) is 0. The Bertz CT molecular complexity index is 1000. The number of piperazine rings is 1. The summed E-state index contributed by atoms with van der Waals surface area (Å²) in [5.74, 6) is 0.793. The quantitative estimate of drug-likeness (QED) is 0.687. The van der Waals surface area contributed by atoms with Gasteiger partial charge in [-0.2, -0.15) is 0 Å². The van der Waals surface area contributed by atoms with Gasteiger partial charge in [-0.1, -0.05) is 12.1 Å². The van der Waals surface area contributed by atoms with Gasteiger partial charge in [-0.25, -0.2) is 9.78 Å². The van der Waals surface area contributed by atoms with Crippen LogP contribution < -0.4 is 10.6 Å². The van der Waals surface area contributed by atoms with E-state index in [1.807, 2.05) is 36.1 Å². The summed E-state index contributed by atoms with van der Waals surface area (Å²) in [5.41, 5.74) is 1.53. The third kappa shape index (κ3) is 3.18. The zero-order valence-electron chi connectivity index (χ0n) is 15.3. The zero-order chi connectivity index (χ0) is 18.8. The Morgan fingerprint density at radius 1 is 1.04 bits per heavy atom. The van der Waals surface area contributed by atoms with Crippen molar-refractivity contribution in [1.82, 2.24) is 24.0 Å². The van der Waals surface area contributed by atoms with Crippen LogP contribution in [-0.4, -0.2) is 56.1 Å². The average molecular weight is 366 g/mol. The van der Waals surface area contributed by atoms with E-state index in [9.17, 15) is 9.59 Å². The molecule has 0 radical (unpaired) electrons. The monoisotopic (exact) mass is 366 g/mol. The molecule has 140 valence electrons. The first-order chi connectivity index (χ1) is 13.2. The van der Waals surface area contributed by atoms with Crippen LogP contribution in [0.25, 0.3) is 11.0 Å². The van der Waals surface area contributed by atoms with E-state index in [0.29, 0.717) is 32.7 Å². The summed E-state index contributed by atoms with van der Waals surface area (Å²) in [4.78, 5) is 37.9. The Labute approximate surface area is 156 Å². The van der Waals surface area contributed by atoms with Crippen LogP contribution >= 0.6 is 0 Å². The molecule has 0 aliphatic carbocycles. The molecule has 1 fully saturated rings. The second-order valence-electron chi connectivity index (χ2n) is 6.53. The summed E-state index contributed by atoms with van der Waals surface area (Å²) in [6.45, 7) is 5.21. The normalized spacial score (nSPS) is 14.7. The number of carbonyl (C=O) groups excluding carboxylic acids is 1. The zero-order valence-corrected chi connectivity index (χ0v) is 15.3. The number of anilines is 1. The second-order valence-corrected chi connectivity index (χ2v) is 6.53. The van der Waals surface area contributed by atoms with Crippen molar-refractivity contribution in [2.75, 3.05) is 31.1 Å². The molecule has 8 nitrogen and oxygen atoms in total. The number of fused-ring (bicyclic) bond motifs is 1. The molecule has 0 spiro atoms. The molecule has 0 bridgehead atoms. The van der Waals surface area contributed by atoms with Crippen molar-refractivity contribution in [2.45, 2.75) is 20.0 Å². The van der Waals surface area contributed by atoms with E-state index in [1.165, 1.54) is 0 Å². The molecule has 1 saturated heterocycles. The lowest BCUT2D eigenvalue weighted by atomic mass is 10.3. The summed E-state index contributed by atoms with van der Waals surface area (Å²) in [5, 5.41) is 0. The number of para-hydroxylation sites is 2. The lowest BCUT2D eigenvalue weighted by molar-refractivity contribution is -0.132. The van der Waals surface area contributed by atoms with Gasteiger partial charge in [0.2, 0.25) is 5.91 Å². The van der Waals surface area contributed by atoms with Crippen molar-refractivity contribution in [3.8, 4) is 0 Å². The predicted octanol–water partition coefficient (Wildman–Crippen LogP) is 0.962. The standard InChI is InChI=1S/C19H22N6O2/c1-2-24-15-5-3-4-6-16(15)25(19(24)27)14-18(26)23-11-9-22(10-12-23)17-13-20-7-8-21-17/h3-8,13H,2,9-12,14H2,1H3. The van der Waals surface area contributed by atoms with E-state index in [2.05, 4.69) is 14.9 Å². The fourth-order valence-electron chi connectivity index (χ4n) is 3.61. The molecule has 2 aromatic heterocycles. The second kappa shape index (κ2) is 7.22. The van der Waals surface area contributed by atoms with Gasteiger partial charge in [-0.15, -0.1) is 0 Å². The highest BCUT2D eigenvalue weighted by molar-refractivity contribution is 5.81. The number of benzene rings is 1. The first kappa shape index (κ1) is 17.3. The van der Waals surface area contributed by atoms with Crippen LogP contribution in [-0.2, 0) is 17.9 Å². The van der Waals surface area contributed by atoms with Crippen molar-refractivity contribution in [3.63, 3.8) is 0 Å². The van der Waals surface area contributed by atoms with E-state index >= 15 is 0 Å². The molecule has 8 heteroatoms. The number of rotatable bonds is 4. The van der Waals surface area contributed by atoms with Crippen LogP contribution in [0.5, 0.6) is 0 Å². The largest absolute Gasteiger partial charge is 0.352 e. The van der Waals surface area contributed by atoms with Gasteiger partial charge in [0.1, 0.15) is 12.4 Å². The van der Waals surface area contributed by atoms with Gasteiger partial charge >= 0.3 is 5.69 Å². The highest BCUT2D eigenvalue weighted by Crippen LogP contribution is 2.15. The molecule has 1 aliphatic heterocycles. The van der Waals surface area contributed by atoms with Gasteiger partial charge in [0.05, 0.1) is 17.2 Å². The summed E-state index contributed by atoms with van der Waals surface area (Å²) >= 11 is 0. The van der Waals surface area contributed by atoms with Gasteiger partial charge in [0.15, 0.2) is 0 Å². The molecule has 1 amide bonds. The van der Waals surface area contributed by atoms with E-state index in [1.54, 1.807) is 27.7 Å². The smallest absolute Gasteiger partial charge is 0.329 e. The fraction of sp³-hybridized carbons (Fsp3) is 0.368. The Balaban J connectivity index is 1.49. The first-order valence-corrected chi connectivity index (χ1v) is 9.16. The van der Waals surface area contributed by atoms with Crippen molar-refractivity contribution in [3.05, 3.63) is 53.3 Å². The Morgan fingerprint density at radius 3 is 2.37 bits per heavy atom. The minimum Gasteiger partial charge on any atom is -0.352 e. The number of hydrogen-bond acceptors (Lipinski definition) is 5. The lowest BCUT2D eigenvalue weighted by Crippen LogP contribution is -2.50. The number of aryl methyl sites for hydroxylation is 1. The number of imidazole rings is 1. The van der Waals surface area contributed by atoms with Crippen LogP contribution in [0.4, 0.5) is 5.82 Å². The number of nitrogens with zero attached hydrogens (tertiary/aromatic N) is 6. The predicted molar refractivity (Wildman–Crippen MR) is 103 cm³/mol. The number of hydrogen-bond donors (Lipinski definition) is 0. The molecular formula is C19H22N6O2. The maximum Gasteiger partial charge on any atom is 0.329 e. The van der Waals surface area contributed by atoms with Gasteiger partial charge in [-0.05, 0) is 19.1 Å². The van der Waals surface area contributed by atoms with Crippen molar-refractivity contribution >= 4 is 22.8 Å². The van der Waals surface area contributed by atoms with Gasteiger partial charge in [0, 0.05) is 45.1 Å². The molecule has 1 aliphatic rings. The maximum absolute atomic E-state index is 12.8. The molecule has 0 saturated carbocycles. The van der Waals surface area contributed by atoms with Gasteiger partial charge < -0.3 is 9.80 Å². The summed E-state index contributed by atoms with van der Waals surface area (Å²) < 4.78 is 3.28. The number of carbonyl (C=O) groups is 1. The molecular weight excluding hydrogens is 344 g/mol.